The highest BCUT2D eigenvalue weighted by Gasteiger charge is 2.25. The number of alkyl halides is 2. The molecule has 30 heavy (non-hydrogen) atoms. The zero-order valence-corrected chi connectivity index (χ0v) is 15.3. The lowest BCUT2D eigenvalue weighted by Gasteiger charge is -2.19. The number of benzene rings is 2. The molecular formula is C22H19F2N3O3. The maximum atomic E-state index is 13.8. The Hall–Kier alpha value is -3.55. The molecule has 2 aromatic carbocycles. The average Bonchev–Trinajstić information content (AvgIpc) is 2.99. The molecule has 0 unspecified atom stereocenters. The van der Waals surface area contributed by atoms with Gasteiger partial charge in [-0.1, -0.05) is 18.1 Å². The SMILES string of the molecule is [2H]c1c([2H])c(-c2c([2H])c([2H])c3c(c2[2H])C(=O)N(C([2H])([2H])c2ncccn2)CC([2H])([2H])O3)c([2H])c([2H])c1OC(C)(F)F. The number of hydrogen-bond acceptors (Lipinski definition) is 5. The van der Waals surface area contributed by atoms with E-state index in [1.807, 2.05) is 0 Å². The summed E-state index contributed by atoms with van der Waals surface area (Å²) in [5.41, 5.74) is -2.53. The van der Waals surface area contributed by atoms with E-state index in [0.29, 0.717) is 11.8 Å². The number of carbonyl (C=O) groups is 1. The van der Waals surface area contributed by atoms with Gasteiger partial charge in [-0.05, 0) is 41.4 Å². The van der Waals surface area contributed by atoms with E-state index in [4.69, 9.17) is 19.8 Å². The topological polar surface area (TPSA) is 64.6 Å². The smallest absolute Gasteiger partial charge is 0.394 e. The maximum absolute atomic E-state index is 13.8. The van der Waals surface area contributed by atoms with Crippen LogP contribution in [0.1, 0.15) is 38.2 Å². The minimum atomic E-state index is -3.89. The van der Waals surface area contributed by atoms with Crippen molar-refractivity contribution in [1.82, 2.24) is 14.9 Å². The zero-order chi connectivity index (χ0) is 30.8. The van der Waals surface area contributed by atoms with Gasteiger partial charge in [0.1, 0.15) is 23.9 Å². The molecule has 0 spiro atoms. The highest BCUT2D eigenvalue weighted by molar-refractivity contribution is 5.98. The van der Waals surface area contributed by atoms with Crippen LogP contribution in [0.4, 0.5) is 8.78 Å². The Balaban J connectivity index is 2.03. The first-order valence-corrected chi connectivity index (χ1v) is 8.40. The summed E-state index contributed by atoms with van der Waals surface area (Å²) in [5, 5.41) is 0. The van der Waals surface area contributed by atoms with Gasteiger partial charge in [0.25, 0.3) is 5.91 Å². The van der Waals surface area contributed by atoms with Crippen molar-refractivity contribution in [1.29, 1.82) is 0 Å². The van der Waals surface area contributed by atoms with Crippen molar-refractivity contribution in [3.8, 4) is 22.6 Å². The lowest BCUT2D eigenvalue weighted by atomic mass is 10.0. The number of hydrogen-bond donors (Lipinski definition) is 0. The number of fused-ring (bicyclic) bond motifs is 1. The molecule has 0 saturated carbocycles. The van der Waals surface area contributed by atoms with Gasteiger partial charge < -0.3 is 14.4 Å². The number of rotatable bonds is 5. The third-order valence-corrected chi connectivity index (χ3v) is 3.57. The van der Waals surface area contributed by atoms with Gasteiger partial charge >= 0.3 is 6.11 Å². The lowest BCUT2D eigenvalue weighted by Crippen LogP contribution is -2.32. The predicted molar refractivity (Wildman–Crippen MR) is 105 cm³/mol. The standard InChI is InChI=1S/C22H19F2N3O3/c1-22(23,24)30-17-6-3-15(4-7-17)16-5-8-19-18(13-16)21(28)27(11-12-29-19)14-20-25-9-2-10-26-20/h2-10,13H,11-12,14H2,1H3/i3D,4D,5D,6D,7D,8D,12D2,13D,14D2. The molecule has 0 saturated heterocycles. The fraction of sp³-hybridized carbons (Fsp3) is 0.227. The lowest BCUT2D eigenvalue weighted by molar-refractivity contribution is -0.158. The summed E-state index contributed by atoms with van der Waals surface area (Å²) in [5.74, 6) is -3.96. The molecule has 1 amide bonds. The van der Waals surface area contributed by atoms with Crippen LogP contribution < -0.4 is 9.47 Å². The molecule has 154 valence electrons. The summed E-state index contributed by atoms with van der Waals surface area (Å²) in [6, 6.07) is -5.86. The number of halogens is 2. The molecule has 0 bridgehead atoms. The minimum absolute atomic E-state index is 0.310. The van der Waals surface area contributed by atoms with E-state index in [2.05, 4.69) is 14.7 Å². The van der Waals surface area contributed by atoms with Crippen LogP contribution in [0.2, 0.25) is 0 Å². The van der Waals surface area contributed by atoms with Crippen LogP contribution in [0.5, 0.6) is 11.5 Å². The predicted octanol–water partition coefficient (Wildman–Crippen LogP) is 4.17. The summed E-state index contributed by atoms with van der Waals surface area (Å²) < 4.78 is 128. The summed E-state index contributed by atoms with van der Waals surface area (Å²) in [4.78, 5) is 21.7. The second kappa shape index (κ2) is 8.06. The average molecular weight is 422 g/mol. The van der Waals surface area contributed by atoms with Crippen molar-refractivity contribution >= 4 is 5.91 Å². The van der Waals surface area contributed by atoms with E-state index in [9.17, 15) is 13.6 Å². The van der Waals surface area contributed by atoms with Crippen molar-refractivity contribution in [2.24, 2.45) is 0 Å². The number of carbonyl (C=O) groups excluding carboxylic acids is 1. The first-order valence-electron chi connectivity index (χ1n) is 13.9. The normalized spacial score (nSPS) is 21.4. The van der Waals surface area contributed by atoms with Crippen LogP contribution >= 0.6 is 0 Å². The monoisotopic (exact) mass is 422 g/mol. The van der Waals surface area contributed by atoms with Crippen LogP contribution in [-0.2, 0) is 6.50 Å². The third-order valence-electron chi connectivity index (χ3n) is 3.57. The minimum Gasteiger partial charge on any atom is -0.491 e. The van der Waals surface area contributed by atoms with E-state index in [0.717, 1.165) is 0 Å². The van der Waals surface area contributed by atoms with Gasteiger partial charge in [-0.3, -0.25) is 4.79 Å². The highest BCUT2D eigenvalue weighted by Crippen LogP contribution is 2.31. The molecule has 8 heteroatoms. The third kappa shape index (κ3) is 4.53. The summed E-state index contributed by atoms with van der Waals surface area (Å²) in [6.45, 7) is -6.51. The largest absolute Gasteiger partial charge is 0.491 e. The second-order valence-electron chi connectivity index (χ2n) is 5.89. The Morgan fingerprint density at radius 3 is 2.63 bits per heavy atom. The molecule has 1 aromatic heterocycles. The Bertz CT molecular complexity index is 1540. The Morgan fingerprint density at radius 2 is 1.93 bits per heavy atom. The van der Waals surface area contributed by atoms with Crippen LogP contribution in [0.25, 0.3) is 11.1 Å². The summed E-state index contributed by atoms with van der Waals surface area (Å²) in [6.07, 6.45) is -1.54. The zero-order valence-electron chi connectivity index (χ0n) is 26.3. The maximum Gasteiger partial charge on any atom is 0.394 e. The second-order valence-corrected chi connectivity index (χ2v) is 5.89. The molecule has 4 rings (SSSR count). The van der Waals surface area contributed by atoms with Gasteiger partial charge in [0.15, 0.2) is 0 Å². The fourth-order valence-electron chi connectivity index (χ4n) is 2.35. The molecular weight excluding hydrogens is 392 g/mol. The summed E-state index contributed by atoms with van der Waals surface area (Å²) >= 11 is 0. The van der Waals surface area contributed by atoms with Gasteiger partial charge in [0.05, 0.1) is 33.7 Å². The molecule has 3 aromatic rings. The summed E-state index contributed by atoms with van der Waals surface area (Å²) in [7, 11) is 0. The first-order chi connectivity index (χ1) is 18.8. The molecule has 2 heterocycles. The number of ether oxygens (including phenoxy) is 2. The fourth-order valence-corrected chi connectivity index (χ4v) is 2.35. The van der Waals surface area contributed by atoms with Gasteiger partial charge in [-0.2, -0.15) is 8.78 Å². The molecule has 1 aliphatic heterocycles. The van der Waals surface area contributed by atoms with Crippen molar-refractivity contribution in [2.75, 3.05) is 13.1 Å². The number of aromatic nitrogens is 2. The number of amides is 1. The van der Waals surface area contributed by atoms with E-state index >= 15 is 0 Å². The molecule has 0 aliphatic carbocycles. The number of nitrogens with zero attached hydrogens (tertiary/aromatic N) is 3. The Labute approximate surface area is 187 Å². The molecule has 0 radical (unpaired) electrons. The van der Waals surface area contributed by atoms with E-state index in [-0.39, 0.29) is 0 Å². The quantitative estimate of drug-likeness (QED) is 0.618. The van der Waals surface area contributed by atoms with Crippen LogP contribution in [-0.4, -0.2) is 40.0 Å². The van der Waals surface area contributed by atoms with E-state index in [1.54, 1.807) is 0 Å². The molecule has 0 atom stereocenters. The van der Waals surface area contributed by atoms with E-state index < -0.39 is 108 Å². The van der Waals surface area contributed by atoms with Crippen LogP contribution in [0.3, 0.4) is 0 Å². The van der Waals surface area contributed by atoms with Crippen molar-refractivity contribution < 1.29 is 38.1 Å². The van der Waals surface area contributed by atoms with Gasteiger partial charge in [-0.15, -0.1) is 0 Å². The highest BCUT2D eigenvalue weighted by atomic mass is 19.3. The Morgan fingerprint density at radius 1 is 1.23 bits per heavy atom. The van der Waals surface area contributed by atoms with Crippen molar-refractivity contribution in [3.63, 3.8) is 0 Å². The van der Waals surface area contributed by atoms with Gasteiger partial charge in [0, 0.05) is 19.3 Å². The Kier molecular flexibility index (Phi) is 2.81. The molecule has 0 N–H and O–H groups in total. The van der Waals surface area contributed by atoms with Crippen molar-refractivity contribution in [2.45, 2.75) is 19.5 Å². The molecule has 1 aliphatic rings. The molecule has 6 nitrogen and oxygen atoms in total. The van der Waals surface area contributed by atoms with Crippen molar-refractivity contribution in [3.05, 3.63) is 72.1 Å². The van der Waals surface area contributed by atoms with E-state index in [1.165, 1.54) is 18.5 Å². The van der Waals surface area contributed by atoms with Gasteiger partial charge in [0.2, 0.25) is 0 Å². The molecule has 0 fully saturated rings. The van der Waals surface area contributed by atoms with Crippen LogP contribution in [0, 0.1) is 0 Å². The van der Waals surface area contributed by atoms with Gasteiger partial charge in [-0.25, -0.2) is 9.97 Å². The van der Waals surface area contributed by atoms with Crippen LogP contribution in [0.15, 0.2) is 60.8 Å². The first kappa shape index (κ1) is 10.5.